The van der Waals surface area contributed by atoms with Gasteiger partial charge < -0.3 is 0 Å². The smallest absolute Gasteiger partial charge is 0.147 e. The van der Waals surface area contributed by atoms with Crippen molar-refractivity contribution in [1.82, 2.24) is 0 Å². The van der Waals surface area contributed by atoms with E-state index in [1.165, 1.54) is 62.1 Å². The Morgan fingerprint density at radius 3 is 1.86 bits per heavy atom. The summed E-state index contributed by atoms with van der Waals surface area (Å²) in [5.41, 5.74) is 26.5. The predicted octanol–water partition coefficient (Wildman–Crippen LogP) is 16.9. The van der Waals surface area contributed by atoms with Gasteiger partial charge in [0.2, 0.25) is 0 Å². The number of methoxy groups -OCH3 is 1. The first kappa shape index (κ1) is 48.4. The van der Waals surface area contributed by atoms with Crippen LogP contribution in [0.1, 0.15) is 95.1 Å². The van der Waals surface area contributed by atoms with E-state index in [9.17, 15) is 0 Å². The summed E-state index contributed by atoms with van der Waals surface area (Å²) >= 11 is -1.73. The van der Waals surface area contributed by atoms with E-state index < -0.39 is 46.5 Å². The molecular weight excluding hydrogens is 1000 g/mol. The summed E-state index contributed by atoms with van der Waals surface area (Å²) < 4.78 is 9.01. The van der Waals surface area contributed by atoms with Crippen LogP contribution in [0.15, 0.2) is 183 Å². The van der Waals surface area contributed by atoms with E-state index in [0.29, 0.717) is 22.7 Å². The van der Waals surface area contributed by atoms with E-state index in [4.69, 9.17) is 4.74 Å². The maximum atomic E-state index is 5.38. The molecule has 6 aromatic carbocycles. The van der Waals surface area contributed by atoms with Crippen LogP contribution < -0.4 is 4.74 Å². The van der Waals surface area contributed by atoms with Crippen LogP contribution >= 0.6 is 24.8 Å². The minimum Gasteiger partial charge on any atom is -0.147 e. The first-order chi connectivity index (χ1) is 31.1. The van der Waals surface area contributed by atoms with Crippen molar-refractivity contribution in [3.8, 4) is 28.0 Å². The summed E-state index contributed by atoms with van der Waals surface area (Å²) in [6.07, 6.45) is 15.6. The largest absolute Gasteiger partial charge is 0.147 e. The second kappa shape index (κ2) is 20.6. The number of allylic oxidation sites excluding steroid dienone is 10. The van der Waals surface area contributed by atoms with Crippen molar-refractivity contribution in [2.45, 2.75) is 58.8 Å². The monoisotopic (exact) mass is 1060 g/mol. The van der Waals surface area contributed by atoms with Crippen LogP contribution in [-0.2, 0) is 46.5 Å². The number of halogens is 2. The summed E-state index contributed by atoms with van der Waals surface area (Å²) in [5, 5.41) is 0. The van der Waals surface area contributed by atoms with E-state index in [0.717, 1.165) is 5.75 Å². The Bertz CT molecular complexity index is 2930. The van der Waals surface area contributed by atoms with Crippen molar-refractivity contribution in [2.24, 2.45) is 11.8 Å². The number of benzene rings is 6. The van der Waals surface area contributed by atoms with E-state index >= 15 is 0 Å². The van der Waals surface area contributed by atoms with Crippen molar-refractivity contribution >= 4 is 42.5 Å². The fourth-order valence-corrected chi connectivity index (χ4v) is 20.1. The molecule has 0 heterocycles. The quantitative estimate of drug-likeness (QED) is 0.140. The third-order valence-electron chi connectivity index (χ3n) is 13.7. The molecule has 0 saturated carbocycles. The molecular formula is C61H58Cl2OZr2. The van der Waals surface area contributed by atoms with Gasteiger partial charge in [-0.25, -0.2) is 0 Å². The van der Waals surface area contributed by atoms with Crippen molar-refractivity contribution in [2.75, 3.05) is 7.11 Å². The van der Waals surface area contributed by atoms with Crippen molar-refractivity contribution in [3.05, 3.63) is 233 Å². The molecule has 1 nitrogen and oxygen atoms in total. The van der Waals surface area contributed by atoms with Gasteiger partial charge in [-0.05, 0) is 0 Å². The predicted molar refractivity (Wildman–Crippen MR) is 277 cm³/mol. The Balaban J connectivity index is 0.000000174. The molecule has 0 radical (unpaired) electrons. The molecule has 5 aliphatic rings. The standard InChI is InChI=1S/C20H21O.C18H17.C13H9.C10H9.2ClH.2Zr/c1-14(2)11-15-12-17-5-4-6-19(20(17)13-15)16-7-9-18(21-3)10-8-16;1-12-7-13(2)10-16(9-12)17-6-4-5-15-8-14(3)11-18(15)17;1-3-7-12-10(5-1)9-11-6-2-4-8-13(11)12;1-8-6-9-4-2-3-5-10(9)7-8;;;;/h4-10,13-14,20H,11H2,1-3H3;4-11H,1-3H3;1-9H;2-7H,1H3;2*1H;;. The van der Waals surface area contributed by atoms with E-state index in [1.807, 2.05) is 0 Å². The van der Waals surface area contributed by atoms with Crippen LogP contribution in [0.3, 0.4) is 0 Å². The van der Waals surface area contributed by atoms with Crippen LogP contribution in [0, 0.1) is 25.7 Å². The normalized spacial score (nSPS) is 18.2. The number of hydrogen-bond acceptors (Lipinski definition) is 1. The molecule has 3 unspecified atom stereocenters. The zero-order valence-corrected chi connectivity index (χ0v) is 45.5. The van der Waals surface area contributed by atoms with Gasteiger partial charge in [0.15, 0.2) is 0 Å². The zero-order valence-electron chi connectivity index (χ0n) is 39.0. The molecule has 3 atom stereocenters. The summed E-state index contributed by atoms with van der Waals surface area (Å²) in [6, 6.07) is 49.7. The van der Waals surface area contributed by atoms with Gasteiger partial charge in [-0.3, -0.25) is 0 Å². The molecule has 0 N–H and O–H groups in total. The minimum absolute atomic E-state index is 0. The summed E-state index contributed by atoms with van der Waals surface area (Å²) in [5.74, 6) is 1.97. The Kier molecular flexibility index (Phi) is 15.1. The first-order valence-corrected chi connectivity index (χ1v) is 28.5. The van der Waals surface area contributed by atoms with Gasteiger partial charge in [0.1, 0.15) is 0 Å². The van der Waals surface area contributed by atoms with Gasteiger partial charge in [-0.15, -0.1) is 24.8 Å². The molecule has 5 heteroatoms. The second-order valence-corrected chi connectivity index (χ2v) is 25.7. The van der Waals surface area contributed by atoms with Crippen molar-refractivity contribution in [3.63, 3.8) is 0 Å². The average Bonchev–Trinajstić information content (AvgIpc) is 4.02. The minimum atomic E-state index is -0.875. The van der Waals surface area contributed by atoms with Crippen molar-refractivity contribution < 1.29 is 51.2 Å². The Morgan fingerprint density at radius 2 is 1.20 bits per heavy atom. The van der Waals surface area contributed by atoms with E-state index in [2.05, 4.69) is 211 Å². The van der Waals surface area contributed by atoms with Crippen LogP contribution in [0.5, 0.6) is 5.75 Å². The maximum absolute atomic E-state index is 5.38. The number of hydrogen-bond donors (Lipinski definition) is 0. The van der Waals surface area contributed by atoms with Crippen LogP contribution in [0.25, 0.3) is 40.0 Å². The van der Waals surface area contributed by atoms with Crippen LogP contribution in [0.4, 0.5) is 0 Å². The molecule has 0 bridgehead atoms. The Labute approximate surface area is 428 Å². The van der Waals surface area contributed by atoms with Gasteiger partial charge in [0.25, 0.3) is 0 Å². The molecule has 6 aromatic rings. The molecule has 0 amide bonds. The van der Waals surface area contributed by atoms with E-state index in [1.54, 1.807) is 54.9 Å². The molecule has 5 aliphatic carbocycles. The number of fused-ring (bicyclic) bond motifs is 6. The molecule has 0 spiro atoms. The van der Waals surface area contributed by atoms with Crippen LogP contribution in [0.2, 0.25) is 0 Å². The van der Waals surface area contributed by atoms with Gasteiger partial charge >= 0.3 is 408 Å². The summed E-state index contributed by atoms with van der Waals surface area (Å²) in [6.45, 7) is 13.8. The Morgan fingerprint density at radius 1 is 0.591 bits per heavy atom. The number of ether oxygens (including phenoxy) is 1. The fraction of sp³-hybridized carbons (Fsp3) is 0.213. The number of aryl methyl sites for hydroxylation is 2. The summed E-state index contributed by atoms with van der Waals surface area (Å²) in [4.78, 5) is 0. The SMILES string of the molecule is CC1=Cc2c(-c3cc(C)cc(C)c3)cccc2[CH]1[Zr][CH]1c2ccccc2-c2ccccc21.COc1ccc(C2=CC=CC3=[C]([Zr][CH]4C(C)=Cc5ccccc54)C(CC(C)C)=CC23)cc1.Cl.Cl. The van der Waals surface area contributed by atoms with Crippen molar-refractivity contribution in [1.29, 1.82) is 0 Å². The maximum Gasteiger partial charge on any atom is -0.147 e. The molecule has 66 heavy (non-hydrogen) atoms. The van der Waals surface area contributed by atoms with Gasteiger partial charge in [0.05, 0.1) is 0 Å². The van der Waals surface area contributed by atoms with Gasteiger partial charge in [-0.2, -0.15) is 0 Å². The van der Waals surface area contributed by atoms with Gasteiger partial charge in [-0.1, -0.05) is 0 Å². The molecule has 11 rings (SSSR count). The average molecular weight is 1060 g/mol. The topological polar surface area (TPSA) is 9.23 Å². The second-order valence-electron chi connectivity index (χ2n) is 18.7. The summed E-state index contributed by atoms with van der Waals surface area (Å²) in [7, 11) is 1.73. The Hall–Kier alpha value is -4.09. The molecule has 0 fully saturated rings. The van der Waals surface area contributed by atoms with Gasteiger partial charge in [0, 0.05) is 0 Å². The molecule has 0 saturated heterocycles. The molecule has 0 aromatic heterocycles. The first-order valence-electron chi connectivity index (χ1n) is 23.0. The fourth-order valence-electron chi connectivity index (χ4n) is 10.8. The van der Waals surface area contributed by atoms with E-state index in [-0.39, 0.29) is 24.8 Å². The molecule has 330 valence electrons. The zero-order chi connectivity index (χ0) is 44.1. The number of rotatable bonds is 9. The third kappa shape index (κ3) is 9.37. The van der Waals surface area contributed by atoms with Crippen LogP contribution in [-0.4, -0.2) is 7.11 Å². The third-order valence-corrected chi connectivity index (χ3v) is 23.5. The molecule has 0 aliphatic heterocycles.